The summed E-state index contributed by atoms with van der Waals surface area (Å²) in [5.74, 6) is 0. The van der Waals surface area contributed by atoms with E-state index in [1.807, 2.05) is 16.8 Å². The summed E-state index contributed by atoms with van der Waals surface area (Å²) in [6.07, 6.45) is 8.23. The molecule has 1 aromatic rings. The van der Waals surface area contributed by atoms with Crippen molar-refractivity contribution in [2.75, 3.05) is 0 Å². The van der Waals surface area contributed by atoms with Crippen LogP contribution in [-0.4, -0.2) is 15.0 Å². The van der Waals surface area contributed by atoms with E-state index in [1.54, 1.807) is 12.2 Å². The Hall–Kier alpha value is -1.64. The van der Waals surface area contributed by atoms with Crippen molar-refractivity contribution < 1.29 is 0 Å². The maximum atomic E-state index is 4.20. The fraction of sp³-hybridized carbons (Fsp3) is 0.385. The number of nitrogens with zero attached hydrogens (tertiary/aromatic N) is 3. The van der Waals surface area contributed by atoms with Crippen LogP contribution in [0.1, 0.15) is 27.2 Å². The zero-order chi connectivity index (χ0) is 12.2. The number of rotatable bonds is 4. The van der Waals surface area contributed by atoms with Crippen molar-refractivity contribution in [3.05, 3.63) is 36.0 Å². The summed E-state index contributed by atoms with van der Waals surface area (Å²) < 4.78 is 1.93. The van der Waals surface area contributed by atoms with Crippen LogP contribution in [0.2, 0.25) is 0 Å². The number of aromatic nitrogens is 3. The summed E-state index contributed by atoms with van der Waals surface area (Å²) in [7, 11) is 0. The Morgan fingerprint density at radius 3 is 2.38 bits per heavy atom. The van der Waals surface area contributed by atoms with Gasteiger partial charge >= 0.3 is 0 Å². The van der Waals surface area contributed by atoms with E-state index in [0.717, 1.165) is 17.1 Å². The molecular weight excluding hydrogens is 198 g/mol. The van der Waals surface area contributed by atoms with Crippen LogP contribution in [0.15, 0.2) is 25.3 Å². The van der Waals surface area contributed by atoms with E-state index in [2.05, 4.69) is 44.2 Å². The topological polar surface area (TPSA) is 30.7 Å². The van der Waals surface area contributed by atoms with Crippen LogP contribution in [-0.2, 0) is 5.54 Å². The van der Waals surface area contributed by atoms with Gasteiger partial charge in [0, 0.05) is 0 Å². The molecular formula is C13H19N3. The monoisotopic (exact) mass is 217 g/mol. The molecule has 0 fully saturated rings. The van der Waals surface area contributed by atoms with Crippen molar-refractivity contribution in [2.24, 2.45) is 0 Å². The van der Waals surface area contributed by atoms with Gasteiger partial charge in [0.05, 0.1) is 10.9 Å². The third-order valence-electron chi connectivity index (χ3n) is 2.72. The highest BCUT2D eigenvalue weighted by Gasteiger charge is 2.19. The Kier molecular flexibility index (Phi) is 3.82. The number of hydrogen-bond donors (Lipinski definition) is 0. The van der Waals surface area contributed by atoms with Crippen molar-refractivity contribution in [3.8, 4) is 0 Å². The predicted octanol–water partition coefficient (Wildman–Crippen LogP) is 1.36. The lowest BCUT2D eigenvalue weighted by Crippen LogP contribution is -2.39. The van der Waals surface area contributed by atoms with Crippen molar-refractivity contribution >= 4 is 12.2 Å². The Morgan fingerprint density at radius 2 is 1.88 bits per heavy atom. The molecule has 0 aliphatic heterocycles. The van der Waals surface area contributed by atoms with Crippen molar-refractivity contribution in [2.45, 2.75) is 32.7 Å². The third-order valence-corrected chi connectivity index (χ3v) is 2.72. The quantitative estimate of drug-likeness (QED) is 0.762. The maximum Gasteiger partial charge on any atom is 0.113 e. The molecule has 16 heavy (non-hydrogen) atoms. The summed E-state index contributed by atoms with van der Waals surface area (Å²) in [5.41, 5.74) is -0.0465. The van der Waals surface area contributed by atoms with Gasteiger partial charge in [-0.25, -0.2) is 4.68 Å². The van der Waals surface area contributed by atoms with E-state index in [9.17, 15) is 0 Å². The van der Waals surface area contributed by atoms with Crippen LogP contribution in [0.4, 0.5) is 0 Å². The summed E-state index contributed by atoms with van der Waals surface area (Å²) in [4.78, 5) is 0. The van der Waals surface area contributed by atoms with E-state index < -0.39 is 0 Å². The predicted molar refractivity (Wildman–Crippen MR) is 68.2 cm³/mol. The van der Waals surface area contributed by atoms with E-state index in [4.69, 9.17) is 0 Å². The molecule has 86 valence electrons. The lowest BCUT2D eigenvalue weighted by molar-refractivity contribution is 0.294. The minimum absolute atomic E-state index is 0.0465. The molecule has 0 aliphatic rings. The highest BCUT2D eigenvalue weighted by Crippen LogP contribution is 2.14. The minimum atomic E-state index is -0.0465. The van der Waals surface area contributed by atoms with Crippen LogP contribution in [0, 0.1) is 0 Å². The fourth-order valence-corrected chi connectivity index (χ4v) is 1.40. The first-order chi connectivity index (χ1) is 7.56. The highest BCUT2D eigenvalue weighted by molar-refractivity contribution is 5.38. The van der Waals surface area contributed by atoms with E-state index >= 15 is 0 Å². The van der Waals surface area contributed by atoms with Gasteiger partial charge in [-0.1, -0.05) is 37.4 Å². The molecule has 1 heterocycles. The van der Waals surface area contributed by atoms with Crippen LogP contribution >= 0.6 is 0 Å². The Labute approximate surface area is 96.5 Å². The van der Waals surface area contributed by atoms with Gasteiger partial charge in [-0.15, -0.1) is 5.10 Å². The first-order valence-electron chi connectivity index (χ1n) is 5.44. The van der Waals surface area contributed by atoms with Gasteiger partial charge in [0.1, 0.15) is 5.35 Å². The molecule has 3 nitrogen and oxygen atoms in total. The third kappa shape index (κ3) is 2.30. The summed E-state index contributed by atoms with van der Waals surface area (Å²) >= 11 is 0. The van der Waals surface area contributed by atoms with Crippen LogP contribution in [0.25, 0.3) is 12.2 Å². The molecule has 0 aromatic carbocycles. The molecule has 0 saturated carbocycles. The zero-order valence-corrected chi connectivity index (χ0v) is 10.3. The smallest absolute Gasteiger partial charge is 0.113 e. The lowest BCUT2D eigenvalue weighted by Gasteiger charge is -2.22. The Bertz CT molecular complexity index is 492. The second-order valence-electron chi connectivity index (χ2n) is 4.24. The standard InChI is InChI=1S/C13H19N3/c1-6-9-11-12(10-7-2)16(15-14-11)13(4,5)8-3/h6-7,9-10H,1-2,8H2,3-5H3/b11-9+,12-10+. The average Bonchev–Trinajstić information content (AvgIpc) is 2.64. The largest absolute Gasteiger partial charge is 0.239 e. The fourth-order valence-electron chi connectivity index (χ4n) is 1.40. The molecule has 0 aliphatic carbocycles. The first-order valence-corrected chi connectivity index (χ1v) is 5.44. The molecule has 1 aromatic heterocycles. The van der Waals surface area contributed by atoms with Gasteiger partial charge in [-0.05, 0) is 32.4 Å². The Morgan fingerprint density at radius 1 is 1.25 bits per heavy atom. The van der Waals surface area contributed by atoms with E-state index in [1.165, 1.54) is 0 Å². The maximum absolute atomic E-state index is 4.20. The van der Waals surface area contributed by atoms with Gasteiger partial charge in [0.25, 0.3) is 0 Å². The minimum Gasteiger partial charge on any atom is -0.239 e. The van der Waals surface area contributed by atoms with Crippen LogP contribution in [0.3, 0.4) is 0 Å². The van der Waals surface area contributed by atoms with E-state index in [0.29, 0.717) is 0 Å². The molecule has 0 bridgehead atoms. The molecule has 0 N–H and O–H groups in total. The highest BCUT2D eigenvalue weighted by atomic mass is 15.4. The number of allylic oxidation sites excluding steroid dienone is 2. The van der Waals surface area contributed by atoms with Crippen molar-refractivity contribution in [1.29, 1.82) is 0 Å². The molecule has 0 saturated heterocycles. The number of hydrogen-bond acceptors (Lipinski definition) is 2. The summed E-state index contributed by atoms with van der Waals surface area (Å²) in [6.45, 7) is 13.8. The van der Waals surface area contributed by atoms with Gasteiger partial charge in [-0.2, -0.15) is 0 Å². The van der Waals surface area contributed by atoms with Gasteiger partial charge in [-0.3, -0.25) is 0 Å². The Balaban J connectivity index is 3.56. The molecule has 0 spiro atoms. The molecule has 1 rings (SSSR count). The first kappa shape index (κ1) is 12.4. The molecule has 0 amide bonds. The van der Waals surface area contributed by atoms with Gasteiger partial charge in [0.15, 0.2) is 0 Å². The van der Waals surface area contributed by atoms with Crippen molar-refractivity contribution in [3.63, 3.8) is 0 Å². The average molecular weight is 217 g/mol. The molecule has 0 atom stereocenters. The molecule has 0 unspecified atom stereocenters. The second kappa shape index (κ2) is 4.92. The lowest BCUT2D eigenvalue weighted by atomic mass is 10.0. The normalized spacial score (nSPS) is 14.2. The second-order valence-corrected chi connectivity index (χ2v) is 4.24. The SMILES string of the molecule is C=C/C=c1/nnn(C(C)(C)CC)/c1=C/C=C. The summed E-state index contributed by atoms with van der Waals surface area (Å²) in [5, 5.41) is 10.2. The van der Waals surface area contributed by atoms with Crippen LogP contribution < -0.4 is 10.7 Å². The summed E-state index contributed by atoms with van der Waals surface area (Å²) in [6, 6.07) is 0. The van der Waals surface area contributed by atoms with Gasteiger partial charge in [0.2, 0.25) is 0 Å². The van der Waals surface area contributed by atoms with Crippen LogP contribution in [0.5, 0.6) is 0 Å². The van der Waals surface area contributed by atoms with E-state index in [-0.39, 0.29) is 5.54 Å². The van der Waals surface area contributed by atoms with Gasteiger partial charge < -0.3 is 0 Å². The molecule has 3 heteroatoms. The molecule has 0 radical (unpaired) electrons. The zero-order valence-electron chi connectivity index (χ0n) is 10.3. The van der Waals surface area contributed by atoms with Crippen molar-refractivity contribution in [1.82, 2.24) is 15.0 Å².